The Morgan fingerprint density at radius 3 is 2.56 bits per heavy atom. The molecule has 0 unspecified atom stereocenters. The maximum atomic E-state index is 12.8. The predicted octanol–water partition coefficient (Wildman–Crippen LogP) is 3.50. The number of thioether (sulfide) groups is 1. The molecule has 0 atom stereocenters. The zero-order valence-electron chi connectivity index (χ0n) is 9.93. The standard InChI is InChI=1S/C11H20F2O2S/c1-3-11(12,13)7-5-6-8-16-9-10(14)15-4-2/h3-9H2,1-2H3. The Hall–Kier alpha value is -0.320. The van der Waals surface area contributed by atoms with Crippen molar-refractivity contribution in [1.29, 1.82) is 0 Å². The number of hydrogen-bond acceptors (Lipinski definition) is 3. The van der Waals surface area contributed by atoms with Gasteiger partial charge in [0, 0.05) is 12.8 Å². The van der Waals surface area contributed by atoms with Crippen LogP contribution in [0.25, 0.3) is 0 Å². The van der Waals surface area contributed by atoms with Gasteiger partial charge >= 0.3 is 5.97 Å². The van der Waals surface area contributed by atoms with Crippen molar-refractivity contribution in [3.05, 3.63) is 0 Å². The van der Waals surface area contributed by atoms with E-state index in [1.54, 1.807) is 6.92 Å². The van der Waals surface area contributed by atoms with Crippen LogP contribution < -0.4 is 0 Å². The molecule has 0 heterocycles. The molecule has 0 aliphatic rings. The van der Waals surface area contributed by atoms with E-state index in [9.17, 15) is 13.6 Å². The number of halogens is 2. The SMILES string of the molecule is CCOC(=O)CSCCCCC(F)(F)CC. The van der Waals surface area contributed by atoms with Crippen LogP contribution in [-0.4, -0.2) is 30.0 Å². The molecule has 0 aliphatic carbocycles. The first-order valence-corrected chi connectivity index (χ1v) is 6.78. The lowest BCUT2D eigenvalue weighted by Crippen LogP contribution is -2.13. The third-order valence-corrected chi connectivity index (χ3v) is 3.14. The Kier molecular flexibility index (Phi) is 8.61. The van der Waals surface area contributed by atoms with Gasteiger partial charge in [-0.05, 0) is 25.5 Å². The van der Waals surface area contributed by atoms with Crippen LogP contribution in [0.15, 0.2) is 0 Å². The Labute approximate surface area is 100 Å². The Morgan fingerprint density at radius 1 is 1.31 bits per heavy atom. The van der Waals surface area contributed by atoms with Crippen LogP contribution in [0.1, 0.15) is 39.5 Å². The molecule has 0 saturated heterocycles. The smallest absolute Gasteiger partial charge is 0.315 e. The molecule has 0 bridgehead atoms. The van der Waals surface area contributed by atoms with Gasteiger partial charge < -0.3 is 4.74 Å². The Bertz CT molecular complexity index is 198. The largest absolute Gasteiger partial charge is 0.465 e. The molecule has 0 aromatic rings. The van der Waals surface area contributed by atoms with Crippen molar-refractivity contribution in [3.63, 3.8) is 0 Å². The van der Waals surface area contributed by atoms with E-state index in [1.807, 2.05) is 0 Å². The molecule has 0 rings (SSSR count). The summed E-state index contributed by atoms with van der Waals surface area (Å²) in [4.78, 5) is 10.9. The van der Waals surface area contributed by atoms with E-state index < -0.39 is 5.92 Å². The number of esters is 1. The quantitative estimate of drug-likeness (QED) is 0.465. The second-order valence-electron chi connectivity index (χ2n) is 3.52. The first kappa shape index (κ1) is 15.7. The molecule has 16 heavy (non-hydrogen) atoms. The Balaban J connectivity index is 3.31. The van der Waals surface area contributed by atoms with E-state index in [-0.39, 0.29) is 18.8 Å². The second kappa shape index (κ2) is 8.79. The molecule has 0 aromatic heterocycles. The number of hydrogen-bond donors (Lipinski definition) is 0. The highest BCUT2D eigenvalue weighted by molar-refractivity contribution is 7.99. The molecule has 0 spiro atoms. The summed E-state index contributed by atoms with van der Waals surface area (Å²) in [6.45, 7) is 3.65. The number of rotatable bonds is 9. The molecule has 0 aliphatic heterocycles. The molecular weight excluding hydrogens is 234 g/mol. The van der Waals surface area contributed by atoms with E-state index >= 15 is 0 Å². The average Bonchev–Trinajstić information content (AvgIpc) is 2.23. The molecule has 0 fully saturated rings. The number of ether oxygens (including phenoxy) is 1. The summed E-state index contributed by atoms with van der Waals surface area (Å²) in [6, 6.07) is 0. The van der Waals surface area contributed by atoms with Crippen LogP contribution in [0.4, 0.5) is 8.78 Å². The van der Waals surface area contributed by atoms with E-state index in [1.165, 1.54) is 18.7 Å². The Morgan fingerprint density at radius 2 is 2.00 bits per heavy atom. The minimum absolute atomic E-state index is 0.0521. The first-order valence-electron chi connectivity index (χ1n) is 5.63. The molecule has 0 saturated carbocycles. The van der Waals surface area contributed by atoms with Gasteiger partial charge in [0.25, 0.3) is 0 Å². The van der Waals surface area contributed by atoms with Crippen molar-refractivity contribution in [2.75, 3.05) is 18.1 Å². The maximum absolute atomic E-state index is 12.8. The fraction of sp³-hybridized carbons (Fsp3) is 0.909. The molecule has 5 heteroatoms. The molecule has 2 nitrogen and oxygen atoms in total. The van der Waals surface area contributed by atoms with Crippen molar-refractivity contribution in [3.8, 4) is 0 Å². The normalized spacial score (nSPS) is 11.5. The fourth-order valence-electron chi connectivity index (χ4n) is 1.12. The fourth-order valence-corrected chi connectivity index (χ4v) is 1.93. The molecular formula is C11H20F2O2S. The van der Waals surface area contributed by atoms with Gasteiger partial charge in [0.2, 0.25) is 5.92 Å². The molecule has 96 valence electrons. The van der Waals surface area contributed by atoms with Gasteiger partial charge in [-0.1, -0.05) is 6.92 Å². The zero-order valence-corrected chi connectivity index (χ0v) is 10.7. The lowest BCUT2D eigenvalue weighted by molar-refractivity contribution is -0.139. The van der Waals surface area contributed by atoms with E-state index in [0.717, 1.165) is 12.2 Å². The predicted molar refractivity (Wildman–Crippen MR) is 63.0 cm³/mol. The van der Waals surface area contributed by atoms with Gasteiger partial charge in [0.15, 0.2) is 0 Å². The summed E-state index contributed by atoms with van der Waals surface area (Å²) in [6.07, 6.45) is 1.09. The van der Waals surface area contributed by atoms with Crippen LogP contribution in [-0.2, 0) is 9.53 Å². The van der Waals surface area contributed by atoms with Crippen LogP contribution in [0, 0.1) is 0 Å². The highest BCUT2D eigenvalue weighted by atomic mass is 32.2. The molecule has 0 aromatic carbocycles. The third kappa shape index (κ3) is 8.95. The van der Waals surface area contributed by atoms with Gasteiger partial charge in [-0.3, -0.25) is 4.79 Å². The van der Waals surface area contributed by atoms with Crippen LogP contribution in [0.2, 0.25) is 0 Å². The summed E-state index contributed by atoms with van der Waals surface area (Å²) in [7, 11) is 0. The summed E-state index contributed by atoms with van der Waals surface area (Å²) in [5, 5.41) is 0. The van der Waals surface area contributed by atoms with Crippen molar-refractivity contribution < 1.29 is 18.3 Å². The lowest BCUT2D eigenvalue weighted by atomic mass is 10.1. The zero-order chi connectivity index (χ0) is 12.4. The molecule has 0 amide bonds. The number of carbonyl (C=O) groups excluding carboxylic acids is 1. The van der Waals surface area contributed by atoms with Gasteiger partial charge in [-0.15, -0.1) is 0 Å². The van der Waals surface area contributed by atoms with Gasteiger partial charge in [-0.2, -0.15) is 11.8 Å². The summed E-state index contributed by atoms with van der Waals surface area (Å²) in [5.41, 5.74) is 0. The maximum Gasteiger partial charge on any atom is 0.315 e. The second-order valence-corrected chi connectivity index (χ2v) is 4.63. The topological polar surface area (TPSA) is 26.3 Å². The average molecular weight is 254 g/mol. The first-order chi connectivity index (χ1) is 7.52. The summed E-state index contributed by atoms with van der Waals surface area (Å²) in [5.74, 6) is -1.70. The van der Waals surface area contributed by atoms with E-state index in [0.29, 0.717) is 18.8 Å². The highest BCUT2D eigenvalue weighted by Crippen LogP contribution is 2.25. The third-order valence-electron chi connectivity index (χ3n) is 2.12. The number of alkyl halides is 2. The van der Waals surface area contributed by atoms with Crippen molar-refractivity contribution >= 4 is 17.7 Å². The number of unbranched alkanes of at least 4 members (excludes halogenated alkanes) is 1. The van der Waals surface area contributed by atoms with E-state index in [4.69, 9.17) is 4.74 Å². The van der Waals surface area contributed by atoms with Crippen LogP contribution in [0.3, 0.4) is 0 Å². The minimum atomic E-state index is -2.52. The number of carbonyl (C=O) groups is 1. The highest BCUT2D eigenvalue weighted by Gasteiger charge is 2.24. The van der Waals surface area contributed by atoms with Gasteiger partial charge in [0.1, 0.15) is 0 Å². The van der Waals surface area contributed by atoms with Gasteiger partial charge in [-0.25, -0.2) is 8.78 Å². The molecule has 0 N–H and O–H groups in total. The van der Waals surface area contributed by atoms with Crippen LogP contribution in [0.5, 0.6) is 0 Å². The van der Waals surface area contributed by atoms with Gasteiger partial charge in [0.05, 0.1) is 12.4 Å². The molecule has 0 radical (unpaired) electrons. The van der Waals surface area contributed by atoms with Crippen molar-refractivity contribution in [2.45, 2.75) is 45.5 Å². The lowest BCUT2D eigenvalue weighted by Gasteiger charge is -2.12. The van der Waals surface area contributed by atoms with Crippen molar-refractivity contribution in [1.82, 2.24) is 0 Å². The summed E-state index contributed by atoms with van der Waals surface area (Å²) < 4.78 is 30.4. The van der Waals surface area contributed by atoms with E-state index in [2.05, 4.69) is 0 Å². The minimum Gasteiger partial charge on any atom is -0.465 e. The monoisotopic (exact) mass is 254 g/mol. The van der Waals surface area contributed by atoms with Crippen molar-refractivity contribution in [2.24, 2.45) is 0 Å². The summed E-state index contributed by atoms with van der Waals surface area (Å²) >= 11 is 1.44. The van der Waals surface area contributed by atoms with Crippen LogP contribution >= 0.6 is 11.8 Å².